The van der Waals surface area contributed by atoms with Crippen LogP contribution in [-0.4, -0.2) is 23.7 Å². The van der Waals surface area contributed by atoms with Crippen LogP contribution in [0, 0.1) is 5.41 Å². The van der Waals surface area contributed by atoms with Crippen LogP contribution in [-0.2, 0) is 4.79 Å². The summed E-state index contributed by atoms with van der Waals surface area (Å²) in [6.07, 6.45) is 3.95. The lowest BCUT2D eigenvalue weighted by molar-refractivity contribution is -0.148. The molecular formula is C8H13NO2. The Labute approximate surface area is 65.8 Å². The maximum absolute atomic E-state index is 10.9. The number of nitrogens with one attached hydrogen (secondary N) is 1. The third-order valence-corrected chi connectivity index (χ3v) is 3.03. The molecule has 11 heavy (non-hydrogen) atoms. The van der Waals surface area contributed by atoms with Gasteiger partial charge in [-0.1, -0.05) is 6.42 Å². The molecule has 1 saturated heterocycles. The Morgan fingerprint density at radius 2 is 2.45 bits per heavy atom. The van der Waals surface area contributed by atoms with Gasteiger partial charge in [-0.2, -0.15) is 0 Å². The first kappa shape index (κ1) is 7.10. The van der Waals surface area contributed by atoms with Crippen molar-refractivity contribution < 1.29 is 9.90 Å². The van der Waals surface area contributed by atoms with E-state index in [1.807, 2.05) is 0 Å². The molecule has 2 fully saturated rings. The van der Waals surface area contributed by atoms with Gasteiger partial charge in [-0.15, -0.1) is 0 Å². The lowest BCUT2D eigenvalue weighted by Crippen LogP contribution is -2.33. The summed E-state index contributed by atoms with van der Waals surface area (Å²) in [5, 5.41) is 12.2. The molecule has 2 bridgehead atoms. The SMILES string of the molecule is O=C(O)[C@@]12CCC[C@@H](C1)NC2. The van der Waals surface area contributed by atoms with Crippen molar-refractivity contribution >= 4 is 5.97 Å². The molecule has 0 aromatic rings. The van der Waals surface area contributed by atoms with E-state index < -0.39 is 11.4 Å². The third kappa shape index (κ3) is 0.948. The minimum Gasteiger partial charge on any atom is -0.481 e. The van der Waals surface area contributed by atoms with E-state index in [-0.39, 0.29) is 0 Å². The van der Waals surface area contributed by atoms with E-state index in [1.54, 1.807) is 0 Å². The van der Waals surface area contributed by atoms with Gasteiger partial charge in [0.15, 0.2) is 0 Å². The molecule has 2 atom stereocenters. The molecule has 0 amide bonds. The van der Waals surface area contributed by atoms with Gasteiger partial charge < -0.3 is 10.4 Å². The largest absolute Gasteiger partial charge is 0.481 e. The van der Waals surface area contributed by atoms with Crippen LogP contribution in [0.1, 0.15) is 25.7 Å². The second-order valence-electron chi connectivity index (χ2n) is 3.76. The first-order chi connectivity index (χ1) is 5.23. The van der Waals surface area contributed by atoms with Crippen LogP contribution in [0.5, 0.6) is 0 Å². The van der Waals surface area contributed by atoms with Gasteiger partial charge in [-0.25, -0.2) is 0 Å². The predicted octanol–water partition coefficient (Wildman–Crippen LogP) is 0.603. The molecule has 0 radical (unpaired) electrons. The Morgan fingerprint density at radius 3 is 3.09 bits per heavy atom. The van der Waals surface area contributed by atoms with Gasteiger partial charge in [0.1, 0.15) is 0 Å². The molecule has 62 valence electrons. The second-order valence-corrected chi connectivity index (χ2v) is 3.76. The van der Waals surface area contributed by atoms with Crippen LogP contribution >= 0.6 is 0 Å². The average Bonchev–Trinajstić information content (AvgIpc) is 2.29. The van der Waals surface area contributed by atoms with E-state index in [4.69, 9.17) is 5.11 Å². The van der Waals surface area contributed by atoms with Gasteiger partial charge in [-0.05, 0) is 19.3 Å². The Morgan fingerprint density at radius 1 is 1.64 bits per heavy atom. The standard InChI is InChI=1S/C8H13NO2/c10-7(11)8-3-1-2-6(4-8)9-5-8/h6,9H,1-5H2,(H,10,11)/t6-,8-/m0/s1. The number of aliphatic carboxylic acids is 1. The number of carboxylic acid groups (broad SMARTS) is 1. The molecule has 1 aliphatic carbocycles. The summed E-state index contributed by atoms with van der Waals surface area (Å²) in [6, 6.07) is 0.486. The number of fused-ring (bicyclic) bond motifs is 2. The fourth-order valence-corrected chi connectivity index (χ4v) is 2.31. The molecule has 1 saturated carbocycles. The van der Waals surface area contributed by atoms with Crippen molar-refractivity contribution in [2.24, 2.45) is 5.41 Å². The minimum absolute atomic E-state index is 0.400. The highest BCUT2D eigenvalue weighted by molar-refractivity contribution is 5.75. The van der Waals surface area contributed by atoms with Crippen LogP contribution < -0.4 is 5.32 Å². The quantitative estimate of drug-likeness (QED) is 0.583. The first-order valence-corrected chi connectivity index (χ1v) is 4.20. The van der Waals surface area contributed by atoms with Crippen molar-refractivity contribution in [2.75, 3.05) is 6.54 Å². The number of hydrogen-bond donors (Lipinski definition) is 2. The predicted molar refractivity (Wildman–Crippen MR) is 40.3 cm³/mol. The van der Waals surface area contributed by atoms with Crippen molar-refractivity contribution in [3.8, 4) is 0 Å². The van der Waals surface area contributed by atoms with E-state index in [2.05, 4.69) is 5.32 Å². The molecule has 0 unspecified atom stereocenters. The molecular weight excluding hydrogens is 142 g/mol. The van der Waals surface area contributed by atoms with E-state index in [0.29, 0.717) is 12.6 Å². The van der Waals surface area contributed by atoms with Crippen molar-refractivity contribution in [3.63, 3.8) is 0 Å². The van der Waals surface area contributed by atoms with Crippen molar-refractivity contribution in [1.29, 1.82) is 0 Å². The van der Waals surface area contributed by atoms with Crippen molar-refractivity contribution in [2.45, 2.75) is 31.7 Å². The van der Waals surface area contributed by atoms with Crippen LogP contribution in [0.25, 0.3) is 0 Å². The van der Waals surface area contributed by atoms with Gasteiger partial charge in [0, 0.05) is 12.6 Å². The number of carboxylic acids is 1. The number of hydrogen-bond acceptors (Lipinski definition) is 2. The molecule has 2 aliphatic rings. The monoisotopic (exact) mass is 155 g/mol. The minimum atomic E-state index is -0.604. The van der Waals surface area contributed by atoms with E-state index >= 15 is 0 Å². The third-order valence-electron chi connectivity index (χ3n) is 3.03. The Hall–Kier alpha value is -0.570. The molecule has 0 aromatic carbocycles. The summed E-state index contributed by atoms with van der Waals surface area (Å²) in [6.45, 7) is 0.687. The fourth-order valence-electron chi connectivity index (χ4n) is 2.31. The smallest absolute Gasteiger partial charge is 0.310 e. The Bertz CT molecular complexity index is 189. The summed E-state index contributed by atoms with van der Waals surface area (Å²) >= 11 is 0. The zero-order valence-corrected chi connectivity index (χ0v) is 6.47. The van der Waals surface area contributed by atoms with Crippen molar-refractivity contribution in [1.82, 2.24) is 5.32 Å². The second kappa shape index (κ2) is 2.21. The van der Waals surface area contributed by atoms with Crippen molar-refractivity contribution in [3.05, 3.63) is 0 Å². The summed E-state index contributed by atoms with van der Waals surface area (Å²) in [7, 11) is 0. The van der Waals surface area contributed by atoms with Gasteiger partial charge >= 0.3 is 5.97 Å². The van der Waals surface area contributed by atoms with Crippen LogP contribution in [0.15, 0.2) is 0 Å². The van der Waals surface area contributed by atoms with E-state index in [9.17, 15) is 4.79 Å². The van der Waals surface area contributed by atoms with Crippen LogP contribution in [0.2, 0.25) is 0 Å². The van der Waals surface area contributed by atoms with Crippen LogP contribution in [0.4, 0.5) is 0 Å². The first-order valence-electron chi connectivity index (χ1n) is 4.20. The summed E-state index contributed by atoms with van der Waals surface area (Å²) in [5.41, 5.74) is -0.400. The lowest BCUT2D eigenvalue weighted by Gasteiger charge is -2.26. The molecule has 3 heteroatoms. The zero-order chi connectivity index (χ0) is 7.90. The Balaban J connectivity index is 2.19. The molecule has 3 nitrogen and oxygen atoms in total. The summed E-state index contributed by atoms with van der Waals surface area (Å²) < 4.78 is 0. The number of carbonyl (C=O) groups is 1. The highest BCUT2D eigenvalue weighted by Crippen LogP contribution is 2.40. The highest BCUT2D eigenvalue weighted by atomic mass is 16.4. The highest BCUT2D eigenvalue weighted by Gasteiger charge is 2.47. The summed E-state index contributed by atoms with van der Waals surface area (Å²) in [4.78, 5) is 10.9. The van der Waals surface area contributed by atoms with Gasteiger partial charge in [0.2, 0.25) is 0 Å². The molecule has 1 heterocycles. The van der Waals surface area contributed by atoms with Gasteiger partial charge in [0.05, 0.1) is 5.41 Å². The number of rotatable bonds is 1. The molecule has 2 rings (SSSR count). The fraction of sp³-hybridized carbons (Fsp3) is 0.875. The molecule has 1 aliphatic heterocycles. The van der Waals surface area contributed by atoms with E-state index in [0.717, 1.165) is 25.7 Å². The molecule has 0 aromatic heterocycles. The van der Waals surface area contributed by atoms with Crippen LogP contribution in [0.3, 0.4) is 0 Å². The Kier molecular flexibility index (Phi) is 1.42. The maximum Gasteiger partial charge on any atom is 0.310 e. The molecule has 2 N–H and O–H groups in total. The topological polar surface area (TPSA) is 49.3 Å². The maximum atomic E-state index is 10.9. The zero-order valence-electron chi connectivity index (χ0n) is 6.47. The lowest BCUT2D eigenvalue weighted by atomic mass is 9.76. The average molecular weight is 155 g/mol. The normalized spacial score (nSPS) is 42.4. The van der Waals surface area contributed by atoms with Gasteiger partial charge in [-0.3, -0.25) is 4.79 Å². The molecule has 0 spiro atoms. The summed E-state index contributed by atoms with van der Waals surface area (Å²) in [5.74, 6) is -0.604. The van der Waals surface area contributed by atoms with Gasteiger partial charge in [0.25, 0.3) is 0 Å². The van der Waals surface area contributed by atoms with E-state index in [1.165, 1.54) is 0 Å².